The van der Waals surface area contributed by atoms with Crippen molar-refractivity contribution in [2.75, 3.05) is 44.7 Å². The van der Waals surface area contributed by atoms with E-state index >= 15 is 4.39 Å². The maximum absolute atomic E-state index is 17.3. The maximum Gasteiger partial charge on any atom is 0.695 e. The van der Waals surface area contributed by atoms with Crippen LogP contribution in [0.3, 0.4) is 0 Å². The number of carbonyl (C=O) groups is 2. The molecule has 2 saturated heterocycles. The Labute approximate surface area is 547 Å². The first-order chi connectivity index (χ1) is 45.2. The van der Waals surface area contributed by atoms with Crippen LogP contribution in [0, 0.1) is 11.3 Å². The second kappa shape index (κ2) is 28.8. The third kappa shape index (κ3) is 14.2. The van der Waals surface area contributed by atoms with Crippen LogP contribution in [0.4, 0.5) is 16.0 Å². The molecule has 4 aromatic heterocycles. The highest BCUT2D eigenvalue weighted by Gasteiger charge is 2.56. The number of amides is 2. The summed E-state index contributed by atoms with van der Waals surface area (Å²) in [7, 11) is -3.28. The van der Waals surface area contributed by atoms with Gasteiger partial charge in [-0.3, -0.25) is 23.2 Å². The molecule has 0 saturated carbocycles. The van der Waals surface area contributed by atoms with Crippen LogP contribution < -0.4 is 20.1 Å². The number of ether oxygens (including phenoxy) is 5. The molecule has 10 atom stereocenters. The largest absolute Gasteiger partial charge is 0.695 e. The zero-order chi connectivity index (χ0) is 66.4. The van der Waals surface area contributed by atoms with Crippen molar-refractivity contribution in [1.29, 1.82) is 5.26 Å². The van der Waals surface area contributed by atoms with Crippen molar-refractivity contribution in [2.45, 2.75) is 100 Å². The normalized spacial score (nSPS) is 20.7. The molecule has 2 amide bonds. The lowest BCUT2D eigenvalue weighted by atomic mass is 9.80. The molecule has 2 aliphatic rings. The highest BCUT2D eigenvalue weighted by atomic mass is 32.5. The fourth-order valence-electron chi connectivity index (χ4n) is 10.8. The number of fused-ring (bicyclic) bond motifs is 2. The van der Waals surface area contributed by atoms with Crippen LogP contribution in [0.25, 0.3) is 22.3 Å². The summed E-state index contributed by atoms with van der Waals surface area (Å²) in [6.07, 6.45) is -7.01. The molecule has 25 nitrogen and oxygen atoms in total. The summed E-state index contributed by atoms with van der Waals surface area (Å²) in [5.74, 6) is 0.379. The van der Waals surface area contributed by atoms with Crippen molar-refractivity contribution >= 4 is 80.9 Å². The van der Waals surface area contributed by atoms with Crippen molar-refractivity contribution < 1.29 is 69.6 Å². The molecule has 2 fully saturated rings. The number of nitrogens with one attached hydrogen (secondary N) is 2. The van der Waals surface area contributed by atoms with E-state index in [0.29, 0.717) is 33.8 Å². The van der Waals surface area contributed by atoms with E-state index in [2.05, 4.69) is 57.4 Å². The molecule has 0 spiro atoms. The highest BCUT2D eigenvalue weighted by Crippen LogP contribution is 2.56. The van der Waals surface area contributed by atoms with Gasteiger partial charge in [-0.25, -0.2) is 34.3 Å². The topological polar surface area (TPSA) is 299 Å². The van der Waals surface area contributed by atoms with Crippen LogP contribution >= 0.6 is 15.0 Å². The summed E-state index contributed by atoms with van der Waals surface area (Å²) >= 11 is 6.38. The average Bonchev–Trinajstić information content (AvgIpc) is 1.41. The van der Waals surface area contributed by atoms with Gasteiger partial charge >= 0.3 is 15.0 Å². The smallest absolute Gasteiger partial charge is 0.497 e. The Balaban J connectivity index is 0.998. The van der Waals surface area contributed by atoms with Gasteiger partial charge in [-0.2, -0.15) is 5.26 Å². The number of benzene rings is 5. The van der Waals surface area contributed by atoms with E-state index < -0.39 is 101 Å². The van der Waals surface area contributed by atoms with Gasteiger partial charge in [0, 0.05) is 15.7 Å². The molecule has 488 valence electrons. The van der Waals surface area contributed by atoms with E-state index in [-0.39, 0.29) is 53.6 Å². The van der Waals surface area contributed by atoms with Crippen molar-refractivity contribution in [1.82, 2.24) is 39.0 Å². The number of aromatic nitrogens is 8. The second-order valence-electron chi connectivity index (χ2n) is 23.3. The lowest BCUT2D eigenvalue weighted by molar-refractivity contribution is -0.0937. The van der Waals surface area contributed by atoms with Crippen LogP contribution in [0.15, 0.2) is 165 Å². The predicted octanol–water partition coefficient (Wildman–Crippen LogP) is 11.3. The van der Waals surface area contributed by atoms with Gasteiger partial charge in [0.25, 0.3) is 11.8 Å². The van der Waals surface area contributed by atoms with Gasteiger partial charge in [-0.1, -0.05) is 112 Å². The van der Waals surface area contributed by atoms with E-state index in [1.54, 1.807) is 79.5 Å². The fourth-order valence-corrected chi connectivity index (χ4v) is 14.6. The van der Waals surface area contributed by atoms with Gasteiger partial charge in [-0.15, -0.1) is 9.42 Å². The van der Waals surface area contributed by atoms with Crippen LogP contribution in [-0.2, 0) is 58.7 Å². The SMILES string of the molecule is COc1ccc(C(OC[C@H]2O[C@@H](n3cnc4c(NC(=O)c5ccccc5)ncnc43)[C@H](O[Si](C)(C)C(C)(C)C)[C@@H]2OP(=S)(OCCC#N)OC[C@H]2O[C@@H](n3cnc4c(NC(=O)c5ccccc5)ncnc43)[C@H](O[P+](=O)O)[C@H]2F)(c2ccccc2)c2ccc(OC)cc2)cc1. The Kier molecular flexibility index (Phi) is 20.6. The Morgan fingerprint density at radius 1 is 0.681 bits per heavy atom. The zero-order valence-corrected chi connectivity index (χ0v) is 55.6. The summed E-state index contributed by atoms with van der Waals surface area (Å²) < 4.78 is 98.2. The molecule has 2 aliphatic heterocycles. The second-order valence-corrected chi connectivity index (χ2v) is 31.7. The molecule has 9 aromatic rings. The fraction of sp³-hybridized carbons (Fsp3) is 0.328. The first-order valence-electron chi connectivity index (χ1n) is 29.7. The van der Waals surface area contributed by atoms with E-state index in [4.69, 9.17) is 68.0 Å². The molecular formula is C64H67FN11O14P2SSi+. The third-order valence-electron chi connectivity index (χ3n) is 16.5. The van der Waals surface area contributed by atoms with Crippen molar-refractivity contribution in [3.63, 3.8) is 0 Å². The molecule has 5 aromatic carbocycles. The minimum absolute atomic E-state index is 0.0156. The van der Waals surface area contributed by atoms with Gasteiger partial charge in [0.15, 0.2) is 67.0 Å². The number of halogens is 1. The quantitative estimate of drug-likeness (QED) is 0.0196. The average molecular weight is 1360 g/mol. The predicted molar refractivity (Wildman–Crippen MR) is 348 cm³/mol. The monoisotopic (exact) mass is 1350 g/mol. The molecular weight excluding hydrogens is 1290 g/mol. The molecule has 0 bridgehead atoms. The lowest BCUT2D eigenvalue weighted by Crippen LogP contribution is -2.49. The van der Waals surface area contributed by atoms with Crippen LogP contribution in [0.2, 0.25) is 18.1 Å². The Hall–Kier alpha value is -8.23. The lowest BCUT2D eigenvalue weighted by Gasteiger charge is -2.41. The molecule has 6 heterocycles. The summed E-state index contributed by atoms with van der Waals surface area (Å²) in [6, 6.07) is 43.6. The summed E-state index contributed by atoms with van der Waals surface area (Å²) in [4.78, 5) is 64.0. The number of carbonyl (C=O) groups excluding carboxylic acids is 2. The highest BCUT2D eigenvalue weighted by molar-refractivity contribution is 8.07. The first kappa shape index (κ1) is 67.2. The zero-order valence-electron chi connectivity index (χ0n) is 52.0. The minimum atomic E-state index is -4.35. The number of nitrogens with zero attached hydrogens (tertiary/aromatic N) is 9. The van der Waals surface area contributed by atoms with E-state index in [1.807, 2.05) is 92.0 Å². The molecule has 2 unspecified atom stereocenters. The Morgan fingerprint density at radius 2 is 1.16 bits per heavy atom. The number of rotatable bonds is 26. The standard InChI is InChI=1S/C64H66FN11O14P2SSi/c1-63(2,3)94(6,7)90-54-52(89-92(93,84-33-17-32-66)85-35-47-49(65)53(88-91(79)80)61(86-47)75-38-71-50-55(67-36-69-57(50)75)73-59(77)40-18-11-8-12-19-40)48(87-62(54)76-39-72-51-56(68-37-70-58(51)76)74-60(78)41-20-13-9-14-21-41)34-83-64(42-22-15-10-16-23-42,43-24-28-45(81-4)29-25-43)44-26-30-46(82-5)31-27-44/h8-16,18-31,36-39,47-49,52-54,61-62H,17,33-35H2,1-7H3,(H2-,67,68,69,70,73,74,77,78,79,80)/p+1/t47-,48-,49+,52-,53-,54-,61-,62-,92?/m1/s1. The van der Waals surface area contributed by atoms with Crippen LogP contribution in [0.5, 0.6) is 11.5 Å². The van der Waals surface area contributed by atoms with Crippen molar-refractivity contribution in [3.05, 3.63) is 193 Å². The van der Waals surface area contributed by atoms with Gasteiger partial charge in [-0.05, 0) is 95.2 Å². The molecule has 0 radical (unpaired) electrons. The van der Waals surface area contributed by atoms with Crippen molar-refractivity contribution in [2.24, 2.45) is 0 Å². The Bertz CT molecular complexity index is 4190. The molecule has 94 heavy (non-hydrogen) atoms. The summed E-state index contributed by atoms with van der Waals surface area (Å²) in [5.41, 5.74) is 1.97. The number of methoxy groups -OCH3 is 2. The molecule has 11 rings (SSSR count). The molecule has 0 aliphatic carbocycles. The first-order valence-corrected chi connectivity index (χ1v) is 36.3. The molecule has 3 N–H and O–H groups in total. The third-order valence-corrected chi connectivity index (χ3v) is 23.8. The van der Waals surface area contributed by atoms with Gasteiger partial charge in [0.05, 0.1) is 59.2 Å². The van der Waals surface area contributed by atoms with Gasteiger partial charge in [0.1, 0.15) is 54.2 Å². The van der Waals surface area contributed by atoms with Gasteiger partial charge < -0.3 is 47.8 Å². The van der Waals surface area contributed by atoms with E-state index in [1.165, 1.54) is 23.5 Å². The summed E-state index contributed by atoms with van der Waals surface area (Å²) in [5, 5.41) is 15.1. The van der Waals surface area contributed by atoms with Gasteiger partial charge in [0.2, 0.25) is 0 Å². The Morgan fingerprint density at radius 3 is 1.64 bits per heavy atom. The van der Waals surface area contributed by atoms with Crippen LogP contribution in [0.1, 0.15) is 77.1 Å². The number of hydrogen-bond donors (Lipinski definition) is 3. The molecule has 30 heteroatoms. The van der Waals surface area contributed by atoms with Crippen LogP contribution in [-0.4, -0.2) is 135 Å². The number of nitriles is 1. The summed E-state index contributed by atoms with van der Waals surface area (Å²) in [6.45, 7) is 4.60. The number of hydrogen-bond acceptors (Lipinski definition) is 21. The van der Waals surface area contributed by atoms with E-state index in [9.17, 15) is 24.3 Å². The maximum atomic E-state index is 17.3. The van der Waals surface area contributed by atoms with Crippen molar-refractivity contribution in [3.8, 4) is 17.6 Å². The number of imidazole rings is 2. The minimum Gasteiger partial charge on any atom is -0.497 e. The number of alkyl halides is 1. The van der Waals surface area contributed by atoms with E-state index in [0.717, 1.165) is 11.9 Å². The number of anilines is 2.